The molecule has 0 aliphatic heterocycles. The lowest BCUT2D eigenvalue weighted by Crippen LogP contribution is -1.94. The van der Waals surface area contributed by atoms with Gasteiger partial charge in [-0.3, -0.25) is 0 Å². The van der Waals surface area contributed by atoms with Crippen molar-refractivity contribution < 1.29 is 5.11 Å². The number of aliphatic hydroxyl groups excluding tert-OH is 1. The summed E-state index contributed by atoms with van der Waals surface area (Å²) in [4.78, 5) is 2.34. The number of aliphatic hydroxyl groups is 1. The van der Waals surface area contributed by atoms with Crippen LogP contribution in [0.3, 0.4) is 0 Å². The quantitative estimate of drug-likeness (QED) is 0.823. The summed E-state index contributed by atoms with van der Waals surface area (Å²) < 4.78 is 0.994. The van der Waals surface area contributed by atoms with Gasteiger partial charge in [-0.1, -0.05) is 39.8 Å². The zero-order valence-electron chi connectivity index (χ0n) is 11.3. The Kier molecular flexibility index (Phi) is 4.71. The van der Waals surface area contributed by atoms with Crippen LogP contribution in [0.25, 0.3) is 0 Å². The standard InChI is InChI=1S/C16H17BrOS/c1-10-4-5-11(2)16(8-10)19-15-7-6-13(17)9-14(15)12(3)18/h4-9,12,18H,1-3H3. The van der Waals surface area contributed by atoms with E-state index in [1.54, 1.807) is 18.7 Å². The third kappa shape index (κ3) is 3.62. The molecule has 0 spiro atoms. The molecule has 0 aromatic heterocycles. The Labute approximate surface area is 127 Å². The van der Waals surface area contributed by atoms with Gasteiger partial charge in [0.15, 0.2) is 0 Å². The van der Waals surface area contributed by atoms with Crippen molar-refractivity contribution in [1.82, 2.24) is 0 Å². The van der Waals surface area contributed by atoms with Crippen LogP contribution in [0, 0.1) is 13.8 Å². The van der Waals surface area contributed by atoms with Gasteiger partial charge >= 0.3 is 0 Å². The van der Waals surface area contributed by atoms with E-state index in [1.165, 1.54) is 16.0 Å². The molecular formula is C16H17BrOS. The lowest BCUT2D eigenvalue weighted by Gasteiger charge is -2.13. The van der Waals surface area contributed by atoms with E-state index < -0.39 is 6.10 Å². The van der Waals surface area contributed by atoms with Crippen molar-refractivity contribution in [2.45, 2.75) is 36.7 Å². The number of benzene rings is 2. The van der Waals surface area contributed by atoms with E-state index in [9.17, 15) is 5.11 Å². The molecule has 2 aromatic carbocycles. The summed E-state index contributed by atoms with van der Waals surface area (Å²) in [6.07, 6.45) is -0.467. The number of rotatable bonds is 3. The highest BCUT2D eigenvalue weighted by atomic mass is 79.9. The average molecular weight is 337 g/mol. The molecule has 1 N–H and O–H groups in total. The van der Waals surface area contributed by atoms with Crippen molar-refractivity contribution >= 4 is 27.7 Å². The Morgan fingerprint density at radius 1 is 1.05 bits per heavy atom. The first-order valence-corrected chi connectivity index (χ1v) is 7.81. The lowest BCUT2D eigenvalue weighted by atomic mass is 10.1. The Bertz CT molecular complexity index is 593. The van der Waals surface area contributed by atoms with E-state index in [4.69, 9.17) is 0 Å². The van der Waals surface area contributed by atoms with Gasteiger partial charge in [0.2, 0.25) is 0 Å². The minimum Gasteiger partial charge on any atom is -0.389 e. The zero-order chi connectivity index (χ0) is 14.0. The highest BCUT2D eigenvalue weighted by Gasteiger charge is 2.11. The third-order valence-electron chi connectivity index (χ3n) is 2.99. The van der Waals surface area contributed by atoms with Gasteiger partial charge in [0.05, 0.1) is 6.10 Å². The largest absolute Gasteiger partial charge is 0.389 e. The summed E-state index contributed by atoms with van der Waals surface area (Å²) in [6, 6.07) is 12.5. The molecule has 0 heterocycles. The van der Waals surface area contributed by atoms with Gasteiger partial charge in [-0.15, -0.1) is 0 Å². The maximum Gasteiger partial charge on any atom is 0.0773 e. The topological polar surface area (TPSA) is 20.2 Å². The molecule has 0 bridgehead atoms. The van der Waals surface area contributed by atoms with Gasteiger partial charge < -0.3 is 5.11 Å². The molecule has 0 aliphatic rings. The Morgan fingerprint density at radius 3 is 2.47 bits per heavy atom. The van der Waals surface area contributed by atoms with E-state index in [1.807, 2.05) is 12.1 Å². The summed E-state index contributed by atoms with van der Waals surface area (Å²) in [6.45, 7) is 6.01. The SMILES string of the molecule is Cc1ccc(C)c(Sc2ccc(Br)cc2C(C)O)c1. The van der Waals surface area contributed by atoms with Crippen LogP contribution in [0.2, 0.25) is 0 Å². The molecule has 0 saturated heterocycles. The van der Waals surface area contributed by atoms with E-state index >= 15 is 0 Å². The fourth-order valence-corrected chi connectivity index (χ4v) is 3.45. The molecule has 0 radical (unpaired) electrons. The summed E-state index contributed by atoms with van der Waals surface area (Å²) in [5.74, 6) is 0. The molecule has 19 heavy (non-hydrogen) atoms. The maximum atomic E-state index is 9.90. The molecule has 0 saturated carbocycles. The van der Waals surface area contributed by atoms with Gasteiger partial charge in [-0.05, 0) is 61.7 Å². The molecule has 100 valence electrons. The predicted molar refractivity (Wildman–Crippen MR) is 84.8 cm³/mol. The molecule has 2 rings (SSSR count). The Balaban J connectivity index is 2.40. The van der Waals surface area contributed by atoms with Crippen LogP contribution >= 0.6 is 27.7 Å². The summed E-state index contributed by atoms with van der Waals surface area (Å²) in [5.41, 5.74) is 3.47. The smallest absolute Gasteiger partial charge is 0.0773 e. The molecule has 0 amide bonds. The number of aryl methyl sites for hydroxylation is 2. The van der Waals surface area contributed by atoms with Gasteiger partial charge in [0.25, 0.3) is 0 Å². The van der Waals surface area contributed by atoms with Crippen LogP contribution in [0.1, 0.15) is 29.7 Å². The van der Waals surface area contributed by atoms with E-state index in [2.05, 4.69) is 54.0 Å². The second-order valence-electron chi connectivity index (χ2n) is 4.73. The first-order valence-electron chi connectivity index (χ1n) is 6.20. The van der Waals surface area contributed by atoms with Crippen LogP contribution in [-0.4, -0.2) is 5.11 Å². The lowest BCUT2D eigenvalue weighted by molar-refractivity contribution is 0.196. The Hall–Kier alpha value is -0.770. The maximum absolute atomic E-state index is 9.90. The van der Waals surface area contributed by atoms with Crippen molar-refractivity contribution in [3.05, 3.63) is 57.6 Å². The summed E-state index contributed by atoms with van der Waals surface area (Å²) in [7, 11) is 0. The molecule has 1 nitrogen and oxygen atoms in total. The van der Waals surface area contributed by atoms with Crippen LogP contribution in [0.4, 0.5) is 0 Å². The highest BCUT2D eigenvalue weighted by molar-refractivity contribution is 9.10. The monoisotopic (exact) mass is 336 g/mol. The third-order valence-corrected chi connectivity index (χ3v) is 4.73. The van der Waals surface area contributed by atoms with E-state index in [0.29, 0.717) is 0 Å². The van der Waals surface area contributed by atoms with Crippen molar-refractivity contribution in [2.24, 2.45) is 0 Å². The van der Waals surface area contributed by atoms with E-state index in [-0.39, 0.29) is 0 Å². The van der Waals surface area contributed by atoms with Gasteiger partial charge in [-0.2, -0.15) is 0 Å². The van der Waals surface area contributed by atoms with Crippen molar-refractivity contribution in [3.8, 4) is 0 Å². The average Bonchev–Trinajstić information content (AvgIpc) is 2.35. The van der Waals surface area contributed by atoms with Crippen molar-refractivity contribution in [2.75, 3.05) is 0 Å². The van der Waals surface area contributed by atoms with Crippen LogP contribution < -0.4 is 0 Å². The second kappa shape index (κ2) is 6.12. The predicted octanol–water partition coefficient (Wildman–Crippen LogP) is 5.27. The van der Waals surface area contributed by atoms with Gasteiger partial charge in [-0.25, -0.2) is 0 Å². The molecule has 0 fully saturated rings. The summed E-state index contributed by atoms with van der Waals surface area (Å²) in [5, 5.41) is 9.90. The number of hydrogen-bond donors (Lipinski definition) is 1. The highest BCUT2D eigenvalue weighted by Crippen LogP contribution is 2.36. The minimum atomic E-state index is -0.467. The first-order chi connectivity index (χ1) is 8.97. The van der Waals surface area contributed by atoms with E-state index in [0.717, 1.165) is 14.9 Å². The number of hydrogen-bond acceptors (Lipinski definition) is 2. The fourth-order valence-electron chi connectivity index (χ4n) is 1.87. The molecule has 3 heteroatoms. The molecular weight excluding hydrogens is 320 g/mol. The zero-order valence-corrected chi connectivity index (χ0v) is 13.7. The Morgan fingerprint density at radius 2 is 1.79 bits per heavy atom. The molecule has 1 unspecified atom stereocenters. The molecule has 2 aromatic rings. The molecule has 0 aliphatic carbocycles. The van der Waals surface area contributed by atoms with Crippen molar-refractivity contribution in [3.63, 3.8) is 0 Å². The first kappa shape index (κ1) is 14.6. The second-order valence-corrected chi connectivity index (χ2v) is 6.73. The fraction of sp³-hybridized carbons (Fsp3) is 0.250. The van der Waals surface area contributed by atoms with Gasteiger partial charge in [0.1, 0.15) is 0 Å². The molecule has 1 atom stereocenters. The van der Waals surface area contributed by atoms with Crippen LogP contribution in [-0.2, 0) is 0 Å². The van der Waals surface area contributed by atoms with Crippen molar-refractivity contribution in [1.29, 1.82) is 0 Å². The minimum absolute atomic E-state index is 0.467. The summed E-state index contributed by atoms with van der Waals surface area (Å²) >= 11 is 5.17. The normalized spacial score (nSPS) is 12.5. The van der Waals surface area contributed by atoms with Gasteiger partial charge in [0, 0.05) is 14.3 Å². The van der Waals surface area contributed by atoms with Crippen LogP contribution in [0.15, 0.2) is 50.7 Å². The van der Waals surface area contributed by atoms with Crippen LogP contribution in [0.5, 0.6) is 0 Å². The number of halogens is 1.